The van der Waals surface area contributed by atoms with E-state index in [2.05, 4.69) is 15.9 Å². The predicted octanol–water partition coefficient (Wildman–Crippen LogP) is 3.25. The summed E-state index contributed by atoms with van der Waals surface area (Å²) in [5, 5.41) is 0. The van der Waals surface area contributed by atoms with Crippen LogP contribution in [0.5, 0.6) is 0 Å². The minimum Gasteiger partial charge on any atom is -0.465 e. The van der Waals surface area contributed by atoms with Crippen molar-refractivity contribution in [1.29, 1.82) is 0 Å². The van der Waals surface area contributed by atoms with Crippen molar-refractivity contribution in [3.05, 3.63) is 63.9 Å². The largest absolute Gasteiger partial charge is 0.465 e. The minimum atomic E-state index is -0.630. The van der Waals surface area contributed by atoms with Gasteiger partial charge in [0.1, 0.15) is 5.70 Å². The topological polar surface area (TPSA) is 55.8 Å². The van der Waals surface area contributed by atoms with Crippen molar-refractivity contribution >= 4 is 33.6 Å². The molecule has 6 heteroatoms. The van der Waals surface area contributed by atoms with E-state index < -0.39 is 11.9 Å². The molecule has 23 heavy (non-hydrogen) atoms. The molecule has 0 atom stereocenters. The lowest BCUT2D eigenvalue weighted by atomic mass is 10.1. The Bertz CT molecular complexity index is 734. The summed E-state index contributed by atoms with van der Waals surface area (Å²) < 4.78 is 10.5. The number of hydrogen-bond acceptors (Lipinski definition) is 5. The summed E-state index contributed by atoms with van der Waals surface area (Å²) in [7, 11) is 2.54. The molecule has 0 unspecified atom stereocenters. The number of hydrogen-bond donors (Lipinski definition) is 0. The molecule has 0 aliphatic carbocycles. The highest BCUT2D eigenvalue weighted by Gasteiger charge is 2.28. The van der Waals surface area contributed by atoms with Crippen LogP contribution >= 0.6 is 15.9 Å². The number of benzene rings is 1. The van der Waals surface area contributed by atoms with Crippen molar-refractivity contribution in [1.82, 2.24) is 0 Å². The molecule has 0 radical (unpaired) electrons. The molecule has 0 saturated heterocycles. The van der Waals surface area contributed by atoms with Crippen molar-refractivity contribution in [3.8, 4) is 0 Å². The highest BCUT2D eigenvalue weighted by molar-refractivity contribution is 9.10. The number of anilines is 1. The molecule has 0 amide bonds. The number of aryl methyl sites for hydroxylation is 1. The van der Waals surface area contributed by atoms with Crippen LogP contribution in [0.2, 0.25) is 0 Å². The van der Waals surface area contributed by atoms with Crippen LogP contribution in [0, 0.1) is 6.92 Å². The Morgan fingerprint density at radius 1 is 1.09 bits per heavy atom. The highest BCUT2D eigenvalue weighted by Crippen LogP contribution is 2.34. The second-order valence-electron chi connectivity index (χ2n) is 4.72. The number of carbonyl (C=O) groups is 2. The number of carbonyl (C=O) groups excluding carboxylic acids is 2. The molecule has 2 rings (SSSR count). The van der Waals surface area contributed by atoms with Crippen LogP contribution in [-0.4, -0.2) is 26.2 Å². The molecular weight excluding hydrogens is 362 g/mol. The maximum absolute atomic E-state index is 12.3. The molecule has 1 aliphatic rings. The average Bonchev–Trinajstić information content (AvgIpc) is 2.78. The second-order valence-corrected chi connectivity index (χ2v) is 5.52. The van der Waals surface area contributed by atoms with Gasteiger partial charge in [-0.1, -0.05) is 18.2 Å². The van der Waals surface area contributed by atoms with E-state index >= 15 is 0 Å². The standard InChI is InChI=1S/C17H16BrNO4/c1-11-7-6-9-13(14(11)18)19-10-5-4-8-12(16(20)22-2)15(19)17(21)23-3/h4-10H,1-3H3. The van der Waals surface area contributed by atoms with Crippen molar-refractivity contribution in [2.75, 3.05) is 19.1 Å². The Morgan fingerprint density at radius 3 is 2.43 bits per heavy atom. The van der Waals surface area contributed by atoms with E-state index in [4.69, 9.17) is 9.47 Å². The third-order valence-electron chi connectivity index (χ3n) is 3.32. The van der Waals surface area contributed by atoms with Crippen LogP contribution in [0.15, 0.2) is 58.4 Å². The molecular formula is C17H16BrNO4. The summed E-state index contributed by atoms with van der Waals surface area (Å²) in [6, 6.07) is 5.65. The van der Waals surface area contributed by atoms with Crippen molar-refractivity contribution in [3.63, 3.8) is 0 Å². The summed E-state index contributed by atoms with van der Waals surface area (Å²) in [5.41, 5.74) is 1.93. The Hall–Kier alpha value is -2.34. The zero-order valence-electron chi connectivity index (χ0n) is 13.0. The molecule has 5 nitrogen and oxygen atoms in total. The molecule has 1 aliphatic heterocycles. The Balaban J connectivity index is 2.71. The molecule has 0 fully saturated rings. The van der Waals surface area contributed by atoms with Gasteiger partial charge in [-0.2, -0.15) is 0 Å². The number of halogens is 1. The van der Waals surface area contributed by atoms with E-state index in [9.17, 15) is 9.59 Å². The quantitative estimate of drug-likeness (QED) is 0.756. The van der Waals surface area contributed by atoms with E-state index in [1.54, 1.807) is 23.3 Å². The summed E-state index contributed by atoms with van der Waals surface area (Å²) in [5.74, 6) is -1.24. The first-order chi connectivity index (χ1) is 11.0. The van der Waals surface area contributed by atoms with Gasteiger partial charge in [0.2, 0.25) is 0 Å². The van der Waals surface area contributed by atoms with Crippen LogP contribution in [0.4, 0.5) is 5.69 Å². The molecule has 120 valence electrons. The van der Waals surface area contributed by atoms with Crippen LogP contribution < -0.4 is 4.90 Å². The first-order valence-electron chi connectivity index (χ1n) is 6.81. The molecule has 1 aromatic carbocycles. The number of nitrogens with zero attached hydrogens (tertiary/aromatic N) is 1. The normalized spacial score (nSPS) is 13.8. The summed E-state index contributed by atoms with van der Waals surface area (Å²) in [4.78, 5) is 26.0. The number of ether oxygens (including phenoxy) is 2. The van der Waals surface area contributed by atoms with Gasteiger partial charge in [-0.15, -0.1) is 0 Å². The van der Waals surface area contributed by atoms with E-state index in [0.717, 1.165) is 10.0 Å². The predicted molar refractivity (Wildman–Crippen MR) is 90.7 cm³/mol. The molecule has 1 aromatic rings. The number of allylic oxidation sites excluding steroid dienone is 2. The summed E-state index contributed by atoms with van der Waals surface area (Å²) in [6.07, 6.45) is 6.61. The number of esters is 2. The van der Waals surface area contributed by atoms with Crippen molar-refractivity contribution in [2.45, 2.75) is 6.92 Å². The van der Waals surface area contributed by atoms with E-state index in [1.807, 2.05) is 25.1 Å². The van der Waals surface area contributed by atoms with Gasteiger partial charge in [0.15, 0.2) is 0 Å². The zero-order valence-corrected chi connectivity index (χ0v) is 14.6. The van der Waals surface area contributed by atoms with Gasteiger partial charge in [0, 0.05) is 10.7 Å². The average molecular weight is 378 g/mol. The maximum atomic E-state index is 12.3. The number of methoxy groups -OCH3 is 2. The van der Waals surface area contributed by atoms with Crippen molar-refractivity contribution in [2.24, 2.45) is 0 Å². The lowest BCUT2D eigenvalue weighted by molar-refractivity contribution is -0.139. The highest BCUT2D eigenvalue weighted by atomic mass is 79.9. The van der Waals surface area contributed by atoms with Crippen LogP contribution in [0.1, 0.15) is 5.56 Å². The minimum absolute atomic E-state index is 0.0932. The van der Waals surface area contributed by atoms with Gasteiger partial charge in [-0.3, -0.25) is 0 Å². The van der Waals surface area contributed by atoms with Crippen LogP contribution in [-0.2, 0) is 19.1 Å². The van der Waals surface area contributed by atoms with Gasteiger partial charge in [0.05, 0.1) is 25.5 Å². The van der Waals surface area contributed by atoms with Gasteiger partial charge >= 0.3 is 11.9 Å². The van der Waals surface area contributed by atoms with E-state index in [0.29, 0.717) is 5.69 Å². The monoisotopic (exact) mass is 377 g/mol. The first kappa shape index (κ1) is 17.0. The fourth-order valence-electron chi connectivity index (χ4n) is 2.17. The molecule has 0 aromatic heterocycles. The summed E-state index contributed by atoms with van der Waals surface area (Å²) in [6.45, 7) is 1.94. The molecule has 0 spiro atoms. The lowest BCUT2D eigenvalue weighted by Gasteiger charge is -2.24. The maximum Gasteiger partial charge on any atom is 0.355 e. The van der Waals surface area contributed by atoms with E-state index in [1.165, 1.54) is 20.3 Å². The lowest BCUT2D eigenvalue weighted by Crippen LogP contribution is -2.27. The van der Waals surface area contributed by atoms with Gasteiger partial charge in [-0.05, 0) is 46.6 Å². The first-order valence-corrected chi connectivity index (χ1v) is 7.60. The fraction of sp³-hybridized carbons (Fsp3) is 0.176. The van der Waals surface area contributed by atoms with Gasteiger partial charge in [0.25, 0.3) is 0 Å². The Kier molecular flexibility index (Phi) is 5.39. The molecule has 0 bridgehead atoms. The molecule has 0 N–H and O–H groups in total. The Labute approximate surface area is 143 Å². The van der Waals surface area contributed by atoms with E-state index in [-0.39, 0.29) is 11.3 Å². The SMILES string of the molecule is COC(=O)C1=C(C(=O)OC)N(c2cccc(C)c2Br)C=CC=C1. The molecule has 1 heterocycles. The van der Waals surface area contributed by atoms with Crippen LogP contribution in [0.3, 0.4) is 0 Å². The summed E-state index contributed by atoms with van der Waals surface area (Å²) >= 11 is 3.53. The Morgan fingerprint density at radius 2 is 1.78 bits per heavy atom. The zero-order chi connectivity index (χ0) is 17.0. The third kappa shape index (κ3) is 3.37. The third-order valence-corrected chi connectivity index (χ3v) is 4.35. The number of rotatable bonds is 3. The van der Waals surface area contributed by atoms with Crippen LogP contribution in [0.25, 0.3) is 0 Å². The van der Waals surface area contributed by atoms with Gasteiger partial charge in [-0.25, -0.2) is 9.59 Å². The second kappa shape index (κ2) is 7.28. The van der Waals surface area contributed by atoms with Crippen molar-refractivity contribution < 1.29 is 19.1 Å². The molecule has 0 saturated carbocycles. The fourth-order valence-corrected chi connectivity index (χ4v) is 2.62. The smallest absolute Gasteiger partial charge is 0.355 e. The van der Waals surface area contributed by atoms with Gasteiger partial charge < -0.3 is 14.4 Å².